The molecule has 0 radical (unpaired) electrons. The maximum atomic E-state index is 13.5. The first-order valence-corrected chi connectivity index (χ1v) is 9.24. The standard InChI is InChI=1S/C23H22F2N2/c24-20-10-6-18(7-11-20)23(19-8-12-21(25)13-9-19)27-15-14-26-22(16-27)17-4-2-1-3-5-17/h1-13,22-23,26H,14-16H2. The first kappa shape index (κ1) is 17.8. The number of hydrogen-bond acceptors (Lipinski definition) is 2. The Labute approximate surface area is 158 Å². The van der Waals surface area contributed by atoms with Gasteiger partial charge in [-0.25, -0.2) is 8.78 Å². The smallest absolute Gasteiger partial charge is 0.123 e. The fourth-order valence-electron chi connectivity index (χ4n) is 3.82. The molecule has 1 aliphatic rings. The van der Waals surface area contributed by atoms with E-state index in [2.05, 4.69) is 22.3 Å². The van der Waals surface area contributed by atoms with E-state index in [0.717, 1.165) is 30.8 Å². The summed E-state index contributed by atoms with van der Waals surface area (Å²) >= 11 is 0. The van der Waals surface area contributed by atoms with Gasteiger partial charge in [0, 0.05) is 25.7 Å². The van der Waals surface area contributed by atoms with Crippen LogP contribution < -0.4 is 5.32 Å². The zero-order valence-corrected chi connectivity index (χ0v) is 15.0. The van der Waals surface area contributed by atoms with Gasteiger partial charge in [0.15, 0.2) is 0 Å². The molecular weight excluding hydrogens is 342 g/mol. The number of benzene rings is 3. The van der Waals surface area contributed by atoms with E-state index in [9.17, 15) is 8.78 Å². The third kappa shape index (κ3) is 4.07. The van der Waals surface area contributed by atoms with Crippen molar-refractivity contribution in [1.82, 2.24) is 10.2 Å². The van der Waals surface area contributed by atoms with Gasteiger partial charge in [0.2, 0.25) is 0 Å². The van der Waals surface area contributed by atoms with Gasteiger partial charge in [-0.15, -0.1) is 0 Å². The number of hydrogen-bond donors (Lipinski definition) is 1. The summed E-state index contributed by atoms with van der Waals surface area (Å²) in [6.45, 7) is 2.55. The Bertz CT molecular complexity index is 818. The highest BCUT2D eigenvalue weighted by molar-refractivity contribution is 5.33. The quantitative estimate of drug-likeness (QED) is 0.722. The zero-order chi connectivity index (χ0) is 18.6. The van der Waals surface area contributed by atoms with Gasteiger partial charge < -0.3 is 5.32 Å². The number of nitrogens with zero attached hydrogens (tertiary/aromatic N) is 1. The molecule has 0 amide bonds. The molecule has 0 spiro atoms. The van der Waals surface area contributed by atoms with Gasteiger partial charge in [-0.2, -0.15) is 0 Å². The van der Waals surface area contributed by atoms with Gasteiger partial charge in [-0.05, 0) is 41.0 Å². The van der Waals surface area contributed by atoms with E-state index in [0.29, 0.717) is 0 Å². The van der Waals surface area contributed by atoms with Crippen LogP contribution in [0, 0.1) is 11.6 Å². The third-order valence-electron chi connectivity index (χ3n) is 5.15. The minimum Gasteiger partial charge on any atom is -0.308 e. The van der Waals surface area contributed by atoms with Crippen LogP contribution in [0.15, 0.2) is 78.9 Å². The van der Waals surface area contributed by atoms with Crippen molar-refractivity contribution < 1.29 is 8.78 Å². The molecule has 1 N–H and O–H groups in total. The molecular formula is C23H22F2N2. The second-order valence-electron chi connectivity index (χ2n) is 6.92. The summed E-state index contributed by atoms with van der Waals surface area (Å²) in [5.41, 5.74) is 3.27. The highest BCUT2D eigenvalue weighted by Gasteiger charge is 2.28. The van der Waals surface area contributed by atoms with Crippen molar-refractivity contribution in [3.8, 4) is 0 Å². The molecule has 1 heterocycles. The lowest BCUT2D eigenvalue weighted by atomic mass is 9.94. The summed E-state index contributed by atoms with van der Waals surface area (Å²) < 4.78 is 26.9. The number of rotatable bonds is 4. The van der Waals surface area contributed by atoms with E-state index in [-0.39, 0.29) is 23.7 Å². The molecule has 1 atom stereocenters. The van der Waals surface area contributed by atoms with Gasteiger partial charge in [0.1, 0.15) is 11.6 Å². The molecule has 4 heteroatoms. The lowest BCUT2D eigenvalue weighted by molar-refractivity contribution is 0.164. The molecule has 27 heavy (non-hydrogen) atoms. The summed E-state index contributed by atoms with van der Waals surface area (Å²) in [6, 6.07) is 23.8. The van der Waals surface area contributed by atoms with Crippen LogP contribution >= 0.6 is 0 Å². The minimum absolute atomic E-state index is 0.0421. The van der Waals surface area contributed by atoms with E-state index < -0.39 is 0 Å². The molecule has 1 saturated heterocycles. The van der Waals surface area contributed by atoms with Crippen molar-refractivity contribution in [2.45, 2.75) is 12.1 Å². The van der Waals surface area contributed by atoms with Crippen molar-refractivity contribution in [3.63, 3.8) is 0 Å². The normalized spacial score (nSPS) is 18.0. The van der Waals surface area contributed by atoms with Crippen LogP contribution in [-0.4, -0.2) is 24.5 Å². The second kappa shape index (κ2) is 7.99. The summed E-state index contributed by atoms with van der Waals surface area (Å²) in [6.07, 6.45) is 0. The van der Waals surface area contributed by atoms with Crippen LogP contribution in [0.4, 0.5) is 8.78 Å². The molecule has 1 aliphatic heterocycles. The van der Waals surface area contributed by atoms with Gasteiger partial charge in [0.05, 0.1) is 6.04 Å². The van der Waals surface area contributed by atoms with Crippen LogP contribution in [-0.2, 0) is 0 Å². The lowest BCUT2D eigenvalue weighted by Crippen LogP contribution is -2.47. The molecule has 0 saturated carbocycles. The minimum atomic E-state index is -0.251. The second-order valence-corrected chi connectivity index (χ2v) is 6.92. The maximum Gasteiger partial charge on any atom is 0.123 e. The monoisotopic (exact) mass is 364 g/mol. The van der Waals surface area contributed by atoms with E-state index in [4.69, 9.17) is 0 Å². The lowest BCUT2D eigenvalue weighted by Gasteiger charge is -2.39. The van der Waals surface area contributed by atoms with Crippen molar-refractivity contribution in [2.75, 3.05) is 19.6 Å². The van der Waals surface area contributed by atoms with Crippen LogP contribution in [0.2, 0.25) is 0 Å². The zero-order valence-electron chi connectivity index (χ0n) is 15.0. The molecule has 138 valence electrons. The average Bonchev–Trinajstić information content (AvgIpc) is 2.72. The Morgan fingerprint density at radius 2 is 1.33 bits per heavy atom. The summed E-state index contributed by atoms with van der Waals surface area (Å²) in [4.78, 5) is 2.38. The largest absolute Gasteiger partial charge is 0.308 e. The fraction of sp³-hybridized carbons (Fsp3) is 0.217. The van der Waals surface area contributed by atoms with E-state index in [1.54, 1.807) is 0 Å². The highest BCUT2D eigenvalue weighted by Crippen LogP contribution is 2.32. The maximum absolute atomic E-state index is 13.5. The van der Waals surface area contributed by atoms with Gasteiger partial charge >= 0.3 is 0 Å². The average molecular weight is 364 g/mol. The summed E-state index contributed by atoms with van der Waals surface area (Å²) in [5, 5.41) is 3.58. The molecule has 0 aliphatic carbocycles. The number of nitrogens with one attached hydrogen (secondary N) is 1. The summed E-state index contributed by atoms with van der Waals surface area (Å²) in [5.74, 6) is -0.502. The van der Waals surface area contributed by atoms with Crippen molar-refractivity contribution >= 4 is 0 Å². The van der Waals surface area contributed by atoms with Crippen LogP contribution in [0.5, 0.6) is 0 Å². The van der Waals surface area contributed by atoms with E-state index >= 15 is 0 Å². The first-order valence-electron chi connectivity index (χ1n) is 9.24. The van der Waals surface area contributed by atoms with Crippen LogP contribution in [0.1, 0.15) is 28.8 Å². The molecule has 1 fully saturated rings. The number of piperazine rings is 1. The molecule has 3 aromatic rings. The van der Waals surface area contributed by atoms with Gasteiger partial charge in [-0.1, -0.05) is 54.6 Å². The Hall–Kier alpha value is -2.56. The Kier molecular flexibility index (Phi) is 5.28. The Morgan fingerprint density at radius 3 is 1.89 bits per heavy atom. The Balaban J connectivity index is 1.67. The molecule has 0 aromatic heterocycles. The summed E-state index contributed by atoms with van der Waals surface area (Å²) in [7, 11) is 0. The molecule has 0 bridgehead atoms. The molecule has 4 rings (SSSR count). The van der Waals surface area contributed by atoms with Crippen LogP contribution in [0.3, 0.4) is 0 Å². The van der Waals surface area contributed by atoms with E-state index in [1.807, 2.05) is 42.5 Å². The first-order chi connectivity index (χ1) is 13.2. The third-order valence-corrected chi connectivity index (χ3v) is 5.15. The van der Waals surface area contributed by atoms with Crippen molar-refractivity contribution in [3.05, 3.63) is 107 Å². The predicted molar refractivity (Wildman–Crippen MR) is 103 cm³/mol. The molecule has 2 nitrogen and oxygen atoms in total. The SMILES string of the molecule is Fc1ccc(C(c2ccc(F)cc2)N2CCNC(c3ccccc3)C2)cc1. The van der Waals surface area contributed by atoms with Gasteiger partial charge in [0.25, 0.3) is 0 Å². The molecule has 3 aromatic carbocycles. The highest BCUT2D eigenvalue weighted by atomic mass is 19.1. The topological polar surface area (TPSA) is 15.3 Å². The Morgan fingerprint density at radius 1 is 0.778 bits per heavy atom. The fourth-order valence-corrected chi connectivity index (χ4v) is 3.82. The van der Waals surface area contributed by atoms with Gasteiger partial charge in [-0.3, -0.25) is 4.90 Å². The molecule has 1 unspecified atom stereocenters. The predicted octanol–water partition coefficient (Wildman–Crippen LogP) is 4.70. The van der Waals surface area contributed by atoms with Crippen molar-refractivity contribution in [1.29, 1.82) is 0 Å². The van der Waals surface area contributed by atoms with Crippen LogP contribution in [0.25, 0.3) is 0 Å². The van der Waals surface area contributed by atoms with Crippen molar-refractivity contribution in [2.24, 2.45) is 0 Å². The number of halogens is 2. The van der Waals surface area contributed by atoms with E-state index in [1.165, 1.54) is 29.8 Å².